The van der Waals surface area contributed by atoms with Crippen molar-refractivity contribution in [3.8, 4) is 0 Å². The van der Waals surface area contributed by atoms with Gasteiger partial charge in [-0.15, -0.1) is 0 Å². The molecule has 2 unspecified atom stereocenters. The number of carbonyl (C=O) groups is 2. The van der Waals surface area contributed by atoms with Crippen molar-refractivity contribution in [1.29, 1.82) is 0 Å². The van der Waals surface area contributed by atoms with E-state index < -0.39 is 0 Å². The van der Waals surface area contributed by atoms with E-state index in [1.54, 1.807) is 0 Å². The second kappa shape index (κ2) is 8.65. The first-order valence-electron chi connectivity index (χ1n) is 16.0. The highest BCUT2D eigenvalue weighted by Crippen LogP contribution is 2.83. The molecule has 2 spiro atoms. The summed E-state index contributed by atoms with van der Waals surface area (Å²) in [7, 11) is 0. The van der Waals surface area contributed by atoms with Gasteiger partial charge in [-0.25, -0.2) is 0 Å². The molecule has 210 valence electrons. The van der Waals surface area contributed by atoms with Gasteiger partial charge in [-0.2, -0.15) is 0 Å². The summed E-state index contributed by atoms with van der Waals surface area (Å²) < 4.78 is 7.23. The molecule has 2 aliphatic heterocycles. The predicted octanol–water partition coefficient (Wildman–Crippen LogP) is 5.67. The molecule has 0 aromatic heterocycles. The smallest absolute Gasteiger partial charge is 0.219 e. The Labute approximate surface area is 229 Å². The molecule has 7 rings (SSSR count). The second-order valence-electron chi connectivity index (χ2n) is 15.4. The number of hydrogen-bond donors (Lipinski definition) is 1. The normalized spacial score (nSPS) is 51.3. The average molecular weight is 523 g/mol. The molecule has 10 atom stereocenters. The van der Waals surface area contributed by atoms with Gasteiger partial charge in [-0.1, -0.05) is 33.3 Å². The molecule has 1 amide bonds. The van der Waals surface area contributed by atoms with Crippen molar-refractivity contribution in [3.63, 3.8) is 0 Å². The summed E-state index contributed by atoms with van der Waals surface area (Å²) in [6.45, 7) is 12.3. The number of nitrogens with one attached hydrogen (secondary N) is 1. The lowest BCUT2D eigenvalue weighted by atomic mass is 9.56. The molecule has 6 fully saturated rings. The van der Waals surface area contributed by atoms with E-state index in [0.717, 1.165) is 56.7 Å². The van der Waals surface area contributed by atoms with Crippen LogP contribution >= 0.6 is 0 Å². The van der Waals surface area contributed by atoms with Crippen molar-refractivity contribution in [1.82, 2.24) is 10.2 Å². The van der Waals surface area contributed by atoms with Crippen molar-refractivity contribution >= 4 is 11.7 Å². The molecule has 7 aliphatic rings. The minimum absolute atomic E-state index is 0.0449. The number of piperidine rings is 1. The molecule has 2 heterocycles. The molecule has 0 radical (unpaired) electrons. The minimum Gasteiger partial charge on any atom is -0.370 e. The molecule has 1 N–H and O–H groups in total. The topological polar surface area (TPSA) is 58.6 Å². The van der Waals surface area contributed by atoms with E-state index in [4.69, 9.17) is 4.74 Å². The number of amides is 1. The van der Waals surface area contributed by atoms with Crippen LogP contribution in [0.25, 0.3) is 0 Å². The van der Waals surface area contributed by atoms with Crippen LogP contribution in [0, 0.1) is 39.9 Å². The molecule has 2 saturated heterocycles. The summed E-state index contributed by atoms with van der Waals surface area (Å²) >= 11 is 0. The van der Waals surface area contributed by atoms with Gasteiger partial charge >= 0.3 is 0 Å². The van der Waals surface area contributed by atoms with Gasteiger partial charge in [-0.05, 0) is 110 Å². The van der Waals surface area contributed by atoms with E-state index >= 15 is 0 Å². The molecular formula is C33H50N2O3. The van der Waals surface area contributed by atoms with Crippen LogP contribution in [0.1, 0.15) is 105 Å². The summed E-state index contributed by atoms with van der Waals surface area (Å²) in [6, 6.07) is 0.509. The first-order valence-corrected chi connectivity index (χ1v) is 16.0. The zero-order valence-electron chi connectivity index (χ0n) is 24.3. The van der Waals surface area contributed by atoms with Crippen molar-refractivity contribution < 1.29 is 14.3 Å². The first-order chi connectivity index (χ1) is 18.1. The summed E-state index contributed by atoms with van der Waals surface area (Å²) in [5.74, 6) is 3.64. The molecule has 5 nitrogen and oxygen atoms in total. The van der Waals surface area contributed by atoms with E-state index in [1.165, 1.54) is 56.9 Å². The Morgan fingerprint density at radius 2 is 1.97 bits per heavy atom. The van der Waals surface area contributed by atoms with Crippen LogP contribution in [0.3, 0.4) is 0 Å². The van der Waals surface area contributed by atoms with E-state index in [0.29, 0.717) is 41.1 Å². The number of ether oxygens (including phenoxy) is 1. The van der Waals surface area contributed by atoms with Gasteiger partial charge in [-0.3, -0.25) is 14.5 Å². The lowest BCUT2D eigenvalue weighted by Crippen LogP contribution is -2.51. The third-order valence-corrected chi connectivity index (χ3v) is 13.4. The summed E-state index contributed by atoms with van der Waals surface area (Å²) in [6.07, 6.45) is 16.3. The number of rotatable bonds is 4. The Kier molecular flexibility index (Phi) is 5.86. The molecular weight excluding hydrogens is 472 g/mol. The van der Waals surface area contributed by atoms with Gasteiger partial charge in [0.2, 0.25) is 5.91 Å². The number of hydrogen-bond acceptors (Lipinski definition) is 4. The molecule has 5 aliphatic carbocycles. The molecule has 0 bridgehead atoms. The molecule has 38 heavy (non-hydrogen) atoms. The maximum Gasteiger partial charge on any atom is 0.219 e. The predicted molar refractivity (Wildman–Crippen MR) is 148 cm³/mol. The van der Waals surface area contributed by atoms with Gasteiger partial charge < -0.3 is 10.1 Å². The van der Waals surface area contributed by atoms with E-state index in [-0.39, 0.29) is 16.9 Å². The Morgan fingerprint density at radius 1 is 1.13 bits per heavy atom. The third kappa shape index (κ3) is 3.69. The standard InChI is InChI=1S/C33H50N2O3/c1-5-29(37)34-12-13-35-18-21(2)14-28-27(35)17-32(38-28)11-9-25-24-7-6-22-15-23(36)8-10-31(22,4)26(24)16-33(25)20-30(33,3)19-32/h15,21,24-28H,5-14,16-20H2,1-4H3,(H,34,37)/t21-,24-,25-,26-,27-,28+,30?,31-,32+,33?/m0/s1. The zero-order valence-corrected chi connectivity index (χ0v) is 24.3. The minimum atomic E-state index is 0.0449. The third-order valence-electron chi connectivity index (χ3n) is 13.4. The Morgan fingerprint density at radius 3 is 2.79 bits per heavy atom. The number of fused-ring (bicyclic) bond motifs is 5. The average Bonchev–Trinajstić information content (AvgIpc) is 3.13. The lowest BCUT2D eigenvalue weighted by molar-refractivity contribution is -0.121. The Hall–Kier alpha value is -1.20. The summed E-state index contributed by atoms with van der Waals surface area (Å²) in [4.78, 5) is 26.8. The molecule has 0 aromatic carbocycles. The van der Waals surface area contributed by atoms with Gasteiger partial charge in [0.05, 0.1) is 11.7 Å². The van der Waals surface area contributed by atoms with Crippen LogP contribution in [0.5, 0.6) is 0 Å². The maximum absolute atomic E-state index is 12.3. The van der Waals surface area contributed by atoms with Crippen molar-refractivity contribution in [2.75, 3.05) is 19.6 Å². The summed E-state index contributed by atoms with van der Waals surface area (Å²) in [5.41, 5.74) is 2.73. The van der Waals surface area contributed by atoms with E-state index in [9.17, 15) is 9.59 Å². The number of likely N-dealkylation sites (tertiary alicyclic amines) is 1. The molecule has 5 heteroatoms. The zero-order chi connectivity index (χ0) is 26.5. The SMILES string of the molecule is CCC(=O)NCCN1C[C@@H](C)C[C@H]2O[C@]3(CC[C@H]4[C@@H]5CCC6=CC(=O)CC[C@]6(C)[C@H]5CC45CC5(C)C3)C[C@@H]21. The van der Waals surface area contributed by atoms with Crippen molar-refractivity contribution in [3.05, 3.63) is 11.6 Å². The molecule has 0 aromatic rings. The van der Waals surface area contributed by atoms with Crippen LogP contribution in [-0.2, 0) is 14.3 Å². The Balaban J connectivity index is 1.10. The highest BCUT2D eigenvalue weighted by Gasteiger charge is 2.77. The fourth-order valence-electron chi connectivity index (χ4n) is 11.6. The highest BCUT2D eigenvalue weighted by atomic mass is 16.5. The fraction of sp³-hybridized carbons (Fsp3) is 0.879. The highest BCUT2D eigenvalue weighted by molar-refractivity contribution is 5.91. The van der Waals surface area contributed by atoms with Gasteiger partial charge in [0, 0.05) is 38.5 Å². The van der Waals surface area contributed by atoms with Gasteiger partial charge in [0.15, 0.2) is 5.78 Å². The van der Waals surface area contributed by atoms with Crippen molar-refractivity contribution in [2.45, 2.75) is 122 Å². The number of ketones is 1. The van der Waals surface area contributed by atoms with Gasteiger partial charge in [0.25, 0.3) is 0 Å². The number of allylic oxidation sites excluding steroid dienone is 2. The van der Waals surface area contributed by atoms with Crippen LogP contribution in [0.4, 0.5) is 0 Å². The van der Waals surface area contributed by atoms with E-state index in [1.807, 2.05) is 6.92 Å². The quantitative estimate of drug-likeness (QED) is 0.517. The van der Waals surface area contributed by atoms with Crippen LogP contribution in [0.2, 0.25) is 0 Å². The first kappa shape index (κ1) is 25.7. The molecule has 4 saturated carbocycles. The largest absolute Gasteiger partial charge is 0.370 e. The summed E-state index contributed by atoms with van der Waals surface area (Å²) in [5, 5.41) is 3.11. The van der Waals surface area contributed by atoms with Crippen LogP contribution < -0.4 is 5.32 Å². The maximum atomic E-state index is 12.3. The second-order valence-corrected chi connectivity index (χ2v) is 15.4. The monoisotopic (exact) mass is 522 g/mol. The van der Waals surface area contributed by atoms with Gasteiger partial charge in [0.1, 0.15) is 0 Å². The number of nitrogens with zero attached hydrogens (tertiary/aromatic N) is 1. The van der Waals surface area contributed by atoms with Crippen LogP contribution in [-0.4, -0.2) is 54.0 Å². The lowest BCUT2D eigenvalue weighted by Gasteiger charge is -2.48. The Bertz CT molecular complexity index is 1050. The fourth-order valence-corrected chi connectivity index (χ4v) is 11.6. The number of carbonyl (C=O) groups excluding carboxylic acids is 2. The van der Waals surface area contributed by atoms with Crippen molar-refractivity contribution in [2.24, 2.45) is 39.9 Å². The van der Waals surface area contributed by atoms with E-state index in [2.05, 4.69) is 37.1 Å². The van der Waals surface area contributed by atoms with Crippen LogP contribution in [0.15, 0.2) is 11.6 Å².